The first kappa shape index (κ1) is 20.2. The van der Waals surface area contributed by atoms with Crippen LogP contribution >= 0.6 is 11.8 Å². The molecular weight excluding hydrogens is 398 g/mol. The highest BCUT2D eigenvalue weighted by Gasteiger charge is 2.15. The first-order valence-corrected chi connectivity index (χ1v) is 9.27. The van der Waals surface area contributed by atoms with E-state index in [1.807, 2.05) is 12.1 Å². The van der Waals surface area contributed by atoms with Crippen molar-refractivity contribution in [1.82, 2.24) is 24.8 Å². The number of hydrogen-bond donors (Lipinski definition) is 2. The van der Waals surface area contributed by atoms with Crippen LogP contribution in [0.25, 0.3) is 11.4 Å². The van der Waals surface area contributed by atoms with Crippen LogP contribution in [0.3, 0.4) is 0 Å². The molecule has 2 aromatic heterocycles. The van der Waals surface area contributed by atoms with E-state index < -0.39 is 0 Å². The molecule has 0 saturated heterocycles. The summed E-state index contributed by atoms with van der Waals surface area (Å²) in [4.78, 5) is 20.3. The van der Waals surface area contributed by atoms with Crippen molar-refractivity contribution in [2.45, 2.75) is 5.16 Å². The lowest BCUT2D eigenvalue weighted by Gasteiger charge is -2.07. The van der Waals surface area contributed by atoms with E-state index in [0.717, 1.165) is 23.1 Å². The summed E-state index contributed by atoms with van der Waals surface area (Å²) in [6, 6.07) is 8.74. The quantitative estimate of drug-likeness (QED) is 0.406. The van der Waals surface area contributed by atoms with E-state index in [-0.39, 0.29) is 29.4 Å². The molecule has 0 aliphatic carbocycles. The summed E-state index contributed by atoms with van der Waals surface area (Å²) in [6.07, 6.45) is 0. The van der Waals surface area contributed by atoms with E-state index in [0.29, 0.717) is 11.0 Å². The van der Waals surface area contributed by atoms with Gasteiger partial charge in [0.1, 0.15) is 5.75 Å². The van der Waals surface area contributed by atoms with E-state index in [1.165, 1.54) is 25.0 Å². The number of amides is 1. The number of benzene rings is 1. The van der Waals surface area contributed by atoms with Gasteiger partial charge in [0.05, 0.1) is 33.1 Å². The fraction of sp³-hybridized carbons (Fsp3) is 0.235. The van der Waals surface area contributed by atoms with E-state index in [4.69, 9.17) is 20.1 Å². The highest BCUT2D eigenvalue weighted by molar-refractivity contribution is 7.99. The van der Waals surface area contributed by atoms with Crippen LogP contribution in [0.2, 0.25) is 0 Å². The summed E-state index contributed by atoms with van der Waals surface area (Å²) in [5.74, 6) is 7.55. The van der Waals surface area contributed by atoms with Crippen LogP contribution in [0.5, 0.6) is 17.5 Å². The summed E-state index contributed by atoms with van der Waals surface area (Å²) in [5, 5.41) is 11.1. The molecule has 0 atom stereocenters. The fourth-order valence-electron chi connectivity index (χ4n) is 2.27. The minimum Gasteiger partial charge on any atom is -0.497 e. The molecule has 1 amide bonds. The number of hydrogen-bond acceptors (Lipinski definition) is 10. The van der Waals surface area contributed by atoms with Crippen molar-refractivity contribution < 1.29 is 19.0 Å². The number of carbonyl (C=O) groups excluding carboxylic acids is 1. The van der Waals surface area contributed by atoms with Crippen molar-refractivity contribution in [1.29, 1.82) is 0 Å². The van der Waals surface area contributed by atoms with Crippen LogP contribution in [0.1, 0.15) is 0 Å². The first-order chi connectivity index (χ1) is 14.0. The molecular formula is C17H19N7O4S. The molecule has 0 bridgehead atoms. The van der Waals surface area contributed by atoms with Gasteiger partial charge in [-0.1, -0.05) is 11.8 Å². The molecule has 2 heterocycles. The van der Waals surface area contributed by atoms with Gasteiger partial charge in [0.15, 0.2) is 5.82 Å². The lowest BCUT2D eigenvalue weighted by atomic mass is 10.2. The van der Waals surface area contributed by atoms with Gasteiger partial charge in [0.2, 0.25) is 28.8 Å². The van der Waals surface area contributed by atoms with E-state index >= 15 is 0 Å². The number of ether oxygens (including phenoxy) is 3. The summed E-state index contributed by atoms with van der Waals surface area (Å²) in [5.41, 5.74) is 0.772. The maximum Gasteiger partial charge on any atom is 0.237 e. The van der Waals surface area contributed by atoms with Crippen LogP contribution in [-0.2, 0) is 4.79 Å². The van der Waals surface area contributed by atoms with Crippen molar-refractivity contribution in [2.75, 3.05) is 38.2 Å². The minimum absolute atomic E-state index is 0.0286. The topological polar surface area (TPSA) is 139 Å². The van der Waals surface area contributed by atoms with Gasteiger partial charge in [-0.3, -0.25) is 10.1 Å². The second-order valence-corrected chi connectivity index (χ2v) is 6.46. The molecule has 152 valence electrons. The summed E-state index contributed by atoms with van der Waals surface area (Å²) in [7, 11) is 4.50. The maximum atomic E-state index is 12.2. The lowest BCUT2D eigenvalue weighted by molar-refractivity contribution is -0.113. The zero-order valence-electron chi connectivity index (χ0n) is 15.9. The molecule has 3 N–H and O–H groups in total. The molecule has 0 radical (unpaired) electrons. The van der Waals surface area contributed by atoms with Gasteiger partial charge in [0, 0.05) is 5.56 Å². The zero-order chi connectivity index (χ0) is 20.8. The molecule has 12 heteroatoms. The number of nitrogen functional groups attached to an aromatic ring is 1. The summed E-state index contributed by atoms with van der Waals surface area (Å²) >= 11 is 1.13. The molecule has 1 aromatic carbocycles. The Labute approximate surface area is 170 Å². The van der Waals surface area contributed by atoms with Gasteiger partial charge in [-0.2, -0.15) is 9.97 Å². The van der Waals surface area contributed by atoms with Gasteiger partial charge < -0.3 is 20.1 Å². The largest absolute Gasteiger partial charge is 0.497 e. The number of nitrogens with zero attached hydrogens (tertiary/aromatic N) is 5. The normalized spacial score (nSPS) is 10.4. The van der Waals surface area contributed by atoms with Crippen molar-refractivity contribution >= 4 is 23.6 Å². The Balaban J connectivity index is 1.64. The Hall–Kier alpha value is -3.54. The predicted molar refractivity (Wildman–Crippen MR) is 107 cm³/mol. The average molecular weight is 417 g/mol. The van der Waals surface area contributed by atoms with Gasteiger partial charge in [-0.15, -0.1) is 10.2 Å². The Morgan fingerprint density at radius 2 is 1.72 bits per heavy atom. The second-order valence-electron chi connectivity index (χ2n) is 5.52. The smallest absolute Gasteiger partial charge is 0.237 e. The first-order valence-electron chi connectivity index (χ1n) is 8.28. The van der Waals surface area contributed by atoms with Crippen LogP contribution < -0.4 is 25.4 Å². The van der Waals surface area contributed by atoms with Crippen molar-refractivity contribution in [3.05, 3.63) is 30.3 Å². The van der Waals surface area contributed by atoms with Crippen molar-refractivity contribution in [2.24, 2.45) is 0 Å². The second kappa shape index (κ2) is 9.10. The predicted octanol–water partition coefficient (Wildman–Crippen LogP) is 1.21. The molecule has 0 aliphatic heterocycles. The summed E-state index contributed by atoms with van der Waals surface area (Å²) in [6.45, 7) is 0. The molecule has 0 aliphatic rings. The number of nitrogens with two attached hydrogens (primary N) is 1. The molecule has 0 unspecified atom stereocenters. The minimum atomic E-state index is -0.348. The lowest BCUT2D eigenvalue weighted by Crippen LogP contribution is -2.18. The number of aromatic nitrogens is 5. The highest BCUT2D eigenvalue weighted by Crippen LogP contribution is 2.24. The molecule has 29 heavy (non-hydrogen) atoms. The number of carbonyl (C=O) groups is 1. The number of thioether (sulfide) groups is 1. The number of rotatable bonds is 8. The Morgan fingerprint density at radius 3 is 2.31 bits per heavy atom. The third-order valence-electron chi connectivity index (χ3n) is 3.69. The number of anilines is 1. The molecule has 0 spiro atoms. The average Bonchev–Trinajstić information content (AvgIpc) is 3.12. The van der Waals surface area contributed by atoms with Crippen LogP contribution in [0.4, 0.5) is 5.95 Å². The van der Waals surface area contributed by atoms with Crippen molar-refractivity contribution in [3.63, 3.8) is 0 Å². The standard InChI is InChI=1S/C17H19N7O4S/c1-26-11-6-4-10(5-7-11)15-22-23-17(24(15)18)29-9-12(25)19-16-20-13(27-2)8-14(21-16)28-3/h4-8H,9,18H2,1-3H3,(H,19,20,21,25). The van der Waals surface area contributed by atoms with E-state index in [2.05, 4.69) is 25.5 Å². The van der Waals surface area contributed by atoms with Crippen LogP contribution in [0, 0.1) is 0 Å². The van der Waals surface area contributed by atoms with Crippen molar-refractivity contribution in [3.8, 4) is 28.9 Å². The molecule has 3 aromatic rings. The Kier molecular flexibility index (Phi) is 6.34. The van der Waals surface area contributed by atoms with Crippen LogP contribution in [0.15, 0.2) is 35.5 Å². The SMILES string of the molecule is COc1ccc(-c2nnc(SCC(=O)Nc3nc(OC)cc(OC)n3)n2N)cc1. The van der Waals surface area contributed by atoms with Gasteiger partial charge >= 0.3 is 0 Å². The molecule has 0 fully saturated rings. The van der Waals surface area contributed by atoms with E-state index in [1.54, 1.807) is 19.2 Å². The number of methoxy groups -OCH3 is 3. The fourth-order valence-corrected chi connectivity index (χ4v) is 2.93. The van der Waals surface area contributed by atoms with Gasteiger partial charge in [-0.05, 0) is 24.3 Å². The van der Waals surface area contributed by atoms with E-state index in [9.17, 15) is 4.79 Å². The highest BCUT2D eigenvalue weighted by atomic mass is 32.2. The van der Waals surface area contributed by atoms with Gasteiger partial charge in [0.25, 0.3) is 0 Å². The Morgan fingerprint density at radius 1 is 1.07 bits per heavy atom. The van der Waals surface area contributed by atoms with Crippen LogP contribution in [-0.4, -0.2) is 57.8 Å². The maximum absolute atomic E-state index is 12.2. The monoisotopic (exact) mass is 417 g/mol. The third-order valence-corrected chi connectivity index (χ3v) is 4.64. The third kappa shape index (κ3) is 4.85. The molecule has 3 rings (SSSR count). The Bertz CT molecular complexity index is 972. The number of nitrogens with one attached hydrogen (secondary N) is 1. The molecule has 0 saturated carbocycles. The zero-order valence-corrected chi connectivity index (χ0v) is 16.8. The summed E-state index contributed by atoms with van der Waals surface area (Å²) < 4.78 is 16.6. The molecule has 11 nitrogen and oxygen atoms in total. The van der Waals surface area contributed by atoms with Gasteiger partial charge in [-0.25, -0.2) is 4.68 Å².